The fourth-order valence-electron chi connectivity index (χ4n) is 3.77. The summed E-state index contributed by atoms with van der Waals surface area (Å²) in [5, 5.41) is 17.5. The van der Waals surface area contributed by atoms with Crippen LogP contribution in [0.25, 0.3) is 0 Å². The molecule has 4 rings (SSSR count). The zero-order chi connectivity index (χ0) is 29.4. The number of anilines is 6. The number of hydrogen-bond donors (Lipinski definition) is 6. The van der Waals surface area contributed by atoms with Crippen molar-refractivity contribution >= 4 is 57.9 Å². The number of benzene rings is 2. The Labute approximate surface area is 239 Å². The van der Waals surface area contributed by atoms with Crippen molar-refractivity contribution in [1.29, 1.82) is 0 Å². The quantitative estimate of drug-likeness (QED) is 0.0794. The first-order chi connectivity index (χ1) is 19.8. The number of nitrogens with one attached hydrogen (secondary N) is 6. The summed E-state index contributed by atoms with van der Waals surface area (Å²) >= 11 is 6.30. The lowest BCUT2D eigenvalue weighted by Crippen LogP contribution is -2.38. The van der Waals surface area contributed by atoms with Gasteiger partial charge in [0, 0.05) is 32.4 Å². The lowest BCUT2D eigenvalue weighted by Gasteiger charge is -2.15. The highest BCUT2D eigenvalue weighted by molar-refractivity contribution is 6.33. The van der Waals surface area contributed by atoms with Crippen molar-refractivity contribution in [2.75, 3.05) is 41.4 Å². The van der Waals surface area contributed by atoms with Crippen molar-refractivity contribution in [3.63, 3.8) is 0 Å². The Morgan fingerprint density at radius 2 is 1.66 bits per heavy atom. The van der Waals surface area contributed by atoms with Crippen LogP contribution in [0.15, 0.2) is 77.0 Å². The molecule has 0 unspecified atom stereocenters. The van der Waals surface area contributed by atoms with E-state index < -0.39 is 10.9 Å². The van der Waals surface area contributed by atoms with E-state index in [9.17, 15) is 19.2 Å². The molecule has 6 N–H and O–H groups in total. The number of aromatic nitrogens is 2. The van der Waals surface area contributed by atoms with Crippen molar-refractivity contribution in [2.24, 2.45) is 0 Å². The standard InChI is InChI=1S/C28H27ClN8O4/c1-3-21(38)31-12-13-32-22-23(25(40)24(22)39)33-14-16-8-10-17(11-9-16)35-28-34-15-19(29)26(37-28)36-20-7-5-4-6-18(20)27(41)30-2/h3-11,15,32-33H,1,12-14H2,2H3,(H,30,41)(H,31,38)(H2,34,35,36,37). The summed E-state index contributed by atoms with van der Waals surface area (Å²) in [5.74, 6) is 0.0275. The second-order valence-electron chi connectivity index (χ2n) is 8.65. The molecule has 2 amide bonds. The smallest absolute Gasteiger partial charge is 0.253 e. The fraction of sp³-hybridized carbons (Fsp3) is 0.143. The topological polar surface area (TPSA) is 166 Å². The third kappa shape index (κ3) is 7.05. The fourth-order valence-corrected chi connectivity index (χ4v) is 3.91. The zero-order valence-electron chi connectivity index (χ0n) is 22.0. The van der Waals surface area contributed by atoms with E-state index in [2.05, 4.69) is 48.4 Å². The molecule has 0 aliphatic heterocycles. The molecule has 13 heteroatoms. The molecular weight excluding hydrogens is 548 g/mol. The van der Waals surface area contributed by atoms with Crippen LogP contribution < -0.4 is 42.8 Å². The average molecular weight is 575 g/mol. The number of nitrogens with zero attached hydrogens (tertiary/aromatic N) is 2. The molecule has 0 aliphatic carbocycles. The number of carbonyl (C=O) groups excluding carboxylic acids is 2. The molecule has 0 atom stereocenters. The van der Waals surface area contributed by atoms with Crippen molar-refractivity contribution in [1.82, 2.24) is 20.6 Å². The van der Waals surface area contributed by atoms with Crippen LogP contribution in [0.4, 0.5) is 34.5 Å². The predicted molar refractivity (Wildman–Crippen MR) is 160 cm³/mol. The SMILES string of the molecule is C=CC(=O)NCCNc1c(NCc2ccc(Nc3ncc(Cl)c(Nc4ccccc4C(=O)NC)n3)cc2)c(=O)c1=O. The summed E-state index contributed by atoms with van der Waals surface area (Å²) in [6.07, 6.45) is 2.60. The molecule has 0 bridgehead atoms. The summed E-state index contributed by atoms with van der Waals surface area (Å²) < 4.78 is 0. The number of amides is 2. The number of carbonyl (C=O) groups is 2. The summed E-state index contributed by atoms with van der Waals surface area (Å²) in [6.45, 7) is 4.23. The Kier molecular flexibility index (Phi) is 9.28. The van der Waals surface area contributed by atoms with Gasteiger partial charge in [-0.25, -0.2) is 4.98 Å². The first kappa shape index (κ1) is 28.8. The van der Waals surface area contributed by atoms with Crippen LogP contribution in [0.2, 0.25) is 5.02 Å². The normalized spacial score (nSPS) is 10.5. The lowest BCUT2D eigenvalue weighted by molar-refractivity contribution is -0.116. The first-order valence-corrected chi connectivity index (χ1v) is 12.9. The summed E-state index contributed by atoms with van der Waals surface area (Å²) in [6, 6.07) is 14.3. The van der Waals surface area contributed by atoms with E-state index in [1.807, 2.05) is 24.3 Å². The Balaban J connectivity index is 1.36. The van der Waals surface area contributed by atoms with E-state index in [1.165, 1.54) is 6.20 Å². The van der Waals surface area contributed by atoms with Gasteiger partial charge in [0.25, 0.3) is 16.8 Å². The van der Waals surface area contributed by atoms with Crippen LogP contribution in [0.3, 0.4) is 0 Å². The van der Waals surface area contributed by atoms with E-state index in [0.717, 1.165) is 11.6 Å². The molecular formula is C28H27ClN8O4. The Bertz CT molecular complexity index is 1650. The average Bonchev–Trinajstić information content (AvgIpc) is 3.00. The van der Waals surface area contributed by atoms with Gasteiger partial charge in [0.15, 0.2) is 5.82 Å². The van der Waals surface area contributed by atoms with Crippen molar-refractivity contribution in [3.05, 3.63) is 104 Å². The third-order valence-electron chi connectivity index (χ3n) is 5.90. The van der Waals surface area contributed by atoms with Gasteiger partial charge in [-0.2, -0.15) is 4.98 Å². The molecule has 4 aromatic rings. The van der Waals surface area contributed by atoms with Gasteiger partial charge in [-0.05, 0) is 35.9 Å². The maximum atomic E-state index is 12.2. The highest BCUT2D eigenvalue weighted by Gasteiger charge is 2.20. The van der Waals surface area contributed by atoms with Gasteiger partial charge >= 0.3 is 0 Å². The lowest BCUT2D eigenvalue weighted by atomic mass is 10.1. The van der Waals surface area contributed by atoms with Crippen molar-refractivity contribution < 1.29 is 9.59 Å². The Hall–Kier alpha value is -5.23. The molecule has 0 aliphatic rings. The monoisotopic (exact) mass is 574 g/mol. The Morgan fingerprint density at radius 3 is 2.37 bits per heavy atom. The van der Waals surface area contributed by atoms with E-state index in [0.29, 0.717) is 29.3 Å². The summed E-state index contributed by atoms with van der Waals surface area (Å²) in [4.78, 5) is 56.0. The van der Waals surface area contributed by atoms with E-state index >= 15 is 0 Å². The Morgan fingerprint density at radius 1 is 0.951 bits per heavy atom. The number of para-hydroxylation sites is 1. The van der Waals surface area contributed by atoms with Gasteiger partial charge in [-0.1, -0.05) is 42.4 Å². The van der Waals surface area contributed by atoms with Crippen molar-refractivity contribution in [3.8, 4) is 0 Å². The second-order valence-corrected chi connectivity index (χ2v) is 9.05. The van der Waals surface area contributed by atoms with Crippen LogP contribution in [0.5, 0.6) is 0 Å². The molecule has 3 aromatic carbocycles. The maximum absolute atomic E-state index is 12.2. The number of halogens is 1. The van der Waals surface area contributed by atoms with Crippen LogP contribution in [0, 0.1) is 0 Å². The maximum Gasteiger partial charge on any atom is 0.253 e. The van der Waals surface area contributed by atoms with Gasteiger partial charge in [0.05, 0.1) is 17.4 Å². The van der Waals surface area contributed by atoms with E-state index in [1.54, 1.807) is 31.3 Å². The van der Waals surface area contributed by atoms with Gasteiger partial charge in [0.1, 0.15) is 16.4 Å². The highest BCUT2D eigenvalue weighted by Crippen LogP contribution is 2.27. The molecule has 1 heterocycles. The molecule has 12 nitrogen and oxygen atoms in total. The molecule has 210 valence electrons. The molecule has 0 spiro atoms. The van der Waals surface area contributed by atoms with Crippen LogP contribution in [-0.2, 0) is 11.3 Å². The van der Waals surface area contributed by atoms with Gasteiger partial charge < -0.3 is 31.9 Å². The first-order valence-electron chi connectivity index (χ1n) is 12.5. The molecule has 0 saturated heterocycles. The second kappa shape index (κ2) is 13.2. The largest absolute Gasteiger partial charge is 0.378 e. The van der Waals surface area contributed by atoms with Gasteiger partial charge in [-0.3, -0.25) is 19.2 Å². The van der Waals surface area contributed by atoms with Crippen molar-refractivity contribution in [2.45, 2.75) is 6.54 Å². The summed E-state index contributed by atoms with van der Waals surface area (Å²) in [5.41, 5.74) is 1.74. The number of rotatable bonds is 13. The minimum absolute atomic E-state index is 0.198. The van der Waals surface area contributed by atoms with Gasteiger partial charge in [0.2, 0.25) is 11.9 Å². The van der Waals surface area contributed by atoms with E-state index in [4.69, 9.17) is 11.6 Å². The predicted octanol–water partition coefficient (Wildman–Crippen LogP) is 2.90. The summed E-state index contributed by atoms with van der Waals surface area (Å²) in [7, 11) is 1.55. The molecule has 0 radical (unpaired) electrons. The van der Waals surface area contributed by atoms with E-state index in [-0.39, 0.29) is 47.2 Å². The number of hydrogen-bond acceptors (Lipinski definition) is 10. The third-order valence-corrected chi connectivity index (χ3v) is 6.17. The highest BCUT2D eigenvalue weighted by atomic mass is 35.5. The van der Waals surface area contributed by atoms with Crippen LogP contribution in [-0.4, -0.2) is 41.9 Å². The minimum atomic E-state index is -0.601. The minimum Gasteiger partial charge on any atom is -0.378 e. The van der Waals surface area contributed by atoms with Crippen LogP contribution in [0.1, 0.15) is 15.9 Å². The zero-order valence-corrected chi connectivity index (χ0v) is 22.8. The van der Waals surface area contributed by atoms with Gasteiger partial charge in [-0.15, -0.1) is 0 Å². The molecule has 1 aromatic heterocycles. The molecule has 41 heavy (non-hydrogen) atoms. The molecule has 0 fully saturated rings. The van der Waals surface area contributed by atoms with Crippen LogP contribution >= 0.6 is 11.6 Å². The molecule has 0 saturated carbocycles.